The van der Waals surface area contributed by atoms with Gasteiger partial charge in [0.05, 0.1) is 12.5 Å². The van der Waals surface area contributed by atoms with E-state index in [1.165, 1.54) is 6.92 Å². The van der Waals surface area contributed by atoms with Crippen LogP contribution in [0.3, 0.4) is 0 Å². The molecular formula is C17H23N3O4. The van der Waals surface area contributed by atoms with Crippen LogP contribution in [0.2, 0.25) is 0 Å². The van der Waals surface area contributed by atoms with Crippen molar-refractivity contribution in [3.8, 4) is 0 Å². The molecule has 1 aromatic carbocycles. The molecule has 0 unspecified atom stereocenters. The molecule has 7 nitrogen and oxygen atoms in total. The number of nitrogens with zero attached hydrogens (tertiary/aromatic N) is 1. The monoisotopic (exact) mass is 333 g/mol. The topological polar surface area (TPSA) is 96.9 Å². The zero-order chi connectivity index (χ0) is 18.1. The summed E-state index contributed by atoms with van der Waals surface area (Å²) in [5.74, 6) is -1.41. The summed E-state index contributed by atoms with van der Waals surface area (Å²) < 4.78 is 4.99. The van der Waals surface area contributed by atoms with Gasteiger partial charge in [-0.05, 0) is 44.5 Å². The van der Waals surface area contributed by atoms with Crippen molar-refractivity contribution in [2.24, 2.45) is 11.0 Å². The van der Waals surface area contributed by atoms with Crippen molar-refractivity contribution < 1.29 is 19.1 Å². The largest absolute Gasteiger partial charge is 0.465 e. The number of ether oxygens (including phenoxy) is 1. The number of benzene rings is 1. The summed E-state index contributed by atoms with van der Waals surface area (Å²) in [6, 6.07) is 6.41. The molecule has 0 bridgehead atoms. The number of carbonyl (C=O) groups is 3. The third-order valence-corrected chi connectivity index (χ3v) is 3.28. The van der Waals surface area contributed by atoms with Crippen molar-refractivity contribution in [1.82, 2.24) is 5.43 Å². The Hall–Kier alpha value is -2.70. The van der Waals surface area contributed by atoms with Gasteiger partial charge < -0.3 is 10.1 Å². The van der Waals surface area contributed by atoms with E-state index in [-0.39, 0.29) is 11.9 Å². The van der Waals surface area contributed by atoms with Crippen LogP contribution in [0.1, 0.15) is 44.5 Å². The van der Waals surface area contributed by atoms with Crippen molar-refractivity contribution in [2.75, 3.05) is 11.9 Å². The van der Waals surface area contributed by atoms with Crippen molar-refractivity contribution in [2.45, 2.75) is 34.1 Å². The van der Waals surface area contributed by atoms with E-state index in [0.29, 0.717) is 30.0 Å². The molecule has 2 amide bonds. The molecular weight excluding hydrogens is 310 g/mol. The number of hydrogen-bond acceptors (Lipinski definition) is 5. The number of hydrogen-bond donors (Lipinski definition) is 2. The first-order chi connectivity index (χ1) is 11.4. The SMILES string of the molecule is CCOC(=O)[C@@H](CC)C(C)=NNC(=O)c1ccc(NC(C)=O)cc1. The van der Waals surface area contributed by atoms with Gasteiger partial charge in [0.15, 0.2) is 0 Å². The van der Waals surface area contributed by atoms with Gasteiger partial charge in [-0.2, -0.15) is 5.10 Å². The molecule has 0 aliphatic rings. The standard InChI is InChI=1S/C17H23N3O4/c1-5-15(17(23)24-6-2)11(3)19-20-16(22)13-7-9-14(10-8-13)18-12(4)21/h7-10,15H,5-6H2,1-4H3,(H,18,21)(H,20,22)/t15-/m0/s1. The maximum Gasteiger partial charge on any atom is 0.314 e. The lowest BCUT2D eigenvalue weighted by Crippen LogP contribution is -2.27. The molecule has 0 aliphatic heterocycles. The van der Waals surface area contributed by atoms with Gasteiger partial charge in [0.1, 0.15) is 0 Å². The predicted molar refractivity (Wildman–Crippen MR) is 91.7 cm³/mol. The van der Waals surface area contributed by atoms with Gasteiger partial charge in [-0.3, -0.25) is 14.4 Å². The number of amides is 2. The van der Waals surface area contributed by atoms with Gasteiger partial charge >= 0.3 is 5.97 Å². The predicted octanol–water partition coefficient (Wildman–Crippen LogP) is 2.34. The fraction of sp³-hybridized carbons (Fsp3) is 0.412. The summed E-state index contributed by atoms with van der Waals surface area (Å²) in [5, 5.41) is 6.61. The summed E-state index contributed by atoms with van der Waals surface area (Å²) in [4.78, 5) is 34.8. The zero-order valence-corrected chi connectivity index (χ0v) is 14.4. The quantitative estimate of drug-likeness (QED) is 0.455. The van der Waals surface area contributed by atoms with Crippen molar-refractivity contribution in [1.29, 1.82) is 0 Å². The highest BCUT2D eigenvalue weighted by molar-refractivity contribution is 6.02. The Morgan fingerprint density at radius 3 is 2.25 bits per heavy atom. The first-order valence-electron chi connectivity index (χ1n) is 7.77. The number of hydrazone groups is 1. The minimum Gasteiger partial charge on any atom is -0.465 e. The van der Waals surface area contributed by atoms with Crippen LogP contribution in [0.15, 0.2) is 29.4 Å². The lowest BCUT2D eigenvalue weighted by atomic mass is 10.0. The Morgan fingerprint density at radius 2 is 1.75 bits per heavy atom. The molecule has 130 valence electrons. The van der Waals surface area contributed by atoms with Crippen molar-refractivity contribution >= 4 is 29.2 Å². The van der Waals surface area contributed by atoms with E-state index < -0.39 is 11.8 Å². The minimum absolute atomic E-state index is 0.183. The third-order valence-electron chi connectivity index (χ3n) is 3.28. The second-order valence-electron chi connectivity index (χ2n) is 5.17. The number of carbonyl (C=O) groups excluding carboxylic acids is 3. The van der Waals surface area contributed by atoms with Gasteiger partial charge in [0, 0.05) is 23.9 Å². The second-order valence-corrected chi connectivity index (χ2v) is 5.17. The molecule has 0 spiro atoms. The molecule has 24 heavy (non-hydrogen) atoms. The van der Waals surface area contributed by atoms with E-state index in [4.69, 9.17) is 4.74 Å². The molecule has 1 rings (SSSR count). The van der Waals surface area contributed by atoms with Crippen LogP contribution < -0.4 is 10.7 Å². The van der Waals surface area contributed by atoms with Crippen LogP contribution in [0.25, 0.3) is 0 Å². The van der Waals surface area contributed by atoms with Crippen LogP contribution in [-0.2, 0) is 14.3 Å². The van der Waals surface area contributed by atoms with Crippen molar-refractivity contribution in [3.05, 3.63) is 29.8 Å². The normalized spacial score (nSPS) is 12.2. The molecule has 0 saturated carbocycles. The molecule has 1 aromatic rings. The van der Waals surface area contributed by atoms with E-state index in [0.717, 1.165) is 0 Å². The van der Waals surface area contributed by atoms with E-state index in [1.807, 2.05) is 6.92 Å². The molecule has 2 N–H and O–H groups in total. The average molecular weight is 333 g/mol. The molecule has 0 aromatic heterocycles. The smallest absolute Gasteiger partial charge is 0.314 e. The van der Waals surface area contributed by atoms with Crippen LogP contribution >= 0.6 is 0 Å². The van der Waals surface area contributed by atoms with Gasteiger partial charge in [-0.15, -0.1) is 0 Å². The van der Waals surface area contributed by atoms with E-state index >= 15 is 0 Å². The van der Waals surface area contributed by atoms with Gasteiger partial charge in [0.25, 0.3) is 5.91 Å². The fourth-order valence-corrected chi connectivity index (χ4v) is 2.07. The molecule has 0 fully saturated rings. The molecule has 0 heterocycles. The van der Waals surface area contributed by atoms with E-state index in [9.17, 15) is 14.4 Å². The molecule has 1 atom stereocenters. The Balaban J connectivity index is 2.72. The lowest BCUT2D eigenvalue weighted by molar-refractivity contribution is -0.145. The molecule has 0 radical (unpaired) electrons. The highest BCUT2D eigenvalue weighted by atomic mass is 16.5. The minimum atomic E-state index is -0.479. The average Bonchev–Trinajstić information content (AvgIpc) is 2.53. The first-order valence-corrected chi connectivity index (χ1v) is 7.77. The molecule has 7 heteroatoms. The second kappa shape index (κ2) is 9.44. The number of nitrogens with one attached hydrogen (secondary N) is 2. The van der Waals surface area contributed by atoms with E-state index in [2.05, 4.69) is 15.8 Å². The number of esters is 1. The Kier molecular flexibility index (Phi) is 7.61. The summed E-state index contributed by atoms with van der Waals surface area (Å²) in [6.45, 7) is 6.97. The summed E-state index contributed by atoms with van der Waals surface area (Å²) in [6.07, 6.45) is 0.537. The van der Waals surface area contributed by atoms with Gasteiger partial charge in [0.2, 0.25) is 5.91 Å². The Morgan fingerprint density at radius 1 is 1.12 bits per heavy atom. The van der Waals surface area contributed by atoms with Crippen LogP contribution in [-0.4, -0.2) is 30.1 Å². The van der Waals surface area contributed by atoms with Gasteiger partial charge in [-0.25, -0.2) is 5.43 Å². The van der Waals surface area contributed by atoms with Crippen molar-refractivity contribution in [3.63, 3.8) is 0 Å². The zero-order valence-electron chi connectivity index (χ0n) is 14.4. The van der Waals surface area contributed by atoms with Crippen LogP contribution in [0.5, 0.6) is 0 Å². The third kappa shape index (κ3) is 5.83. The maximum atomic E-state index is 12.1. The van der Waals surface area contributed by atoms with Crippen LogP contribution in [0.4, 0.5) is 5.69 Å². The fourth-order valence-electron chi connectivity index (χ4n) is 2.07. The highest BCUT2D eigenvalue weighted by Gasteiger charge is 2.21. The Labute approximate surface area is 141 Å². The summed E-state index contributed by atoms with van der Waals surface area (Å²) >= 11 is 0. The Bertz CT molecular complexity index is 623. The number of anilines is 1. The highest BCUT2D eigenvalue weighted by Crippen LogP contribution is 2.10. The maximum absolute atomic E-state index is 12.1. The van der Waals surface area contributed by atoms with Crippen LogP contribution in [0, 0.1) is 5.92 Å². The van der Waals surface area contributed by atoms with E-state index in [1.54, 1.807) is 38.1 Å². The summed E-state index contributed by atoms with van der Waals surface area (Å²) in [7, 11) is 0. The lowest BCUT2D eigenvalue weighted by Gasteiger charge is -2.13. The van der Waals surface area contributed by atoms with Gasteiger partial charge in [-0.1, -0.05) is 6.92 Å². The summed E-state index contributed by atoms with van der Waals surface area (Å²) in [5.41, 5.74) is 3.91. The number of rotatable bonds is 7. The first kappa shape index (κ1) is 19.3. The molecule has 0 aliphatic carbocycles. The molecule has 0 saturated heterocycles.